The minimum absolute atomic E-state index is 0.182. The van der Waals surface area contributed by atoms with Crippen LogP contribution < -0.4 is 4.90 Å². The van der Waals surface area contributed by atoms with Crippen LogP contribution in [0.1, 0.15) is 17.5 Å². The molecule has 1 N–H and O–H groups in total. The Balaban J connectivity index is 1.65. The number of benzene rings is 2. The van der Waals surface area contributed by atoms with Crippen LogP contribution in [0, 0.1) is 0 Å². The Morgan fingerprint density at radius 2 is 1.76 bits per heavy atom. The van der Waals surface area contributed by atoms with Crippen LogP contribution in [-0.4, -0.2) is 78.4 Å². The zero-order chi connectivity index (χ0) is 26.2. The van der Waals surface area contributed by atoms with Gasteiger partial charge in [0.25, 0.3) is 17.6 Å². The summed E-state index contributed by atoms with van der Waals surface area (Å²) >= 11 is 3.38. The molecule has 1 spiro atoms. The summed E-state index contributed by atoms with van der Waals surface area (Å²) < 4.78 is 6.21. The molecule has 2 fully saturated rings. The highest BCUT2D eigenvalue weighted by atomic mass is 79.9. The third-order valence-electron chi connectivity index (χ3n) is 7.20. The summed E-state index contributed by atoms with van der Waals surface area (Å²) in [6.07, 6.45) is 2.16. The maximum Gasteiger partial charge on any atom is 0.296 e. The van der Waals surface area contributed by atoms with Crippen LogP contribution >= 0.6 is 15.9 Å². The first-order valence-corrected chi connectivity index (χ1v) is 13.1. The summed E-state index contributed by atoms with van der Waals surface area (Å²) in [5.74, 6) is -2.47. The highest BCUT2D eigenvalue weighted by Crippen LogP contribution is 2.53. The van der Waals surface area contributed by atoms with Gasteiger partial charge in [-0.25, -0.2) is 0 Å². The molecule has 0 bridgehead atoms. The standard InChI is InChI=1S/C28H28BrN3O5/c1-2-12-31-22-7-4-3-6-21(22)28(27(31)36)23(24(33)19-8-10-20(29)11-9-19)25(34)26(35)32(28)14-5-13-30-15-17-37-18-16-30/h2-4,6-11,33H,1,5,12-18H2/b24-23-. The van der Waals surface area contributed by atoms with Gasteiger partial charge in [0.15, 0.2) is 5.54 Å². The first kappa shape index (κ1) is 25.4. The Bertz CT molecular complexity index is 1280. The molecule has 3 aliphatic heterocycles. The topological polar surface area (TPSA) is 90.4 Å². The molecule has 2 saturated heterocycles. The molecule has 2 aromatic rings. The van der Waals surface area contributed by atoms with E-state index >= 15 is 0 Å². The molecule has 3 aliphatic rings. The van der Waals surface area contributed by atoms with Gasteiger partial charge < -0.3 is 19.6 Å². The van der Waals surface area contributed by atoms with E-state index in [1.165, 1.54) is 9.80 Å². The summed E-state index contributed by atoms with van der Waals surface area (Å²) in [7, 11) is 0. The highest BCUT2D eigenvalue weighted by molar-refractivity contribution is 9.10. The van der Waals surface area contributed by atoms with Crippen LogP contribution in [0.4, 0.5) is 5.69 Å². The van der Waals surface area contributed by atoms with Crippen LogP contribution in [0.5, 0.6) is 0 Å². The van der Waals surface area contributed by atoms with Crippen LogP contribution in [0.15, 0.2) is 71.2 Å². The number of hydrogen-bond acceptors (Lipinski definition) is 6. The van der Waals surface area contributed by atoms with Gasteiger partial charge in [0.1, 0.15) is 5.76 Å². The third-order valence-corrected chi connectivity index (χ3v) is 7.73. The van der Waals surface area contributed by atoms with Gasteiger partial charge in [0.05, 0.1) is 24.5 Å². The number of halogens is 1. The van der Waals surface area contributed by atoms with E-state index in [0.717, 1.165) is 17.6 Å². The van der Waals surface area contributed by atoms with E-state index in [9.17, 15) is 19.5 Å². The van der Waals surface area contributed by atoms with Crippen molar-refractivity contribution in [3.8, 4) is 0 Å². The smallest absolute Gasteiger partial charge is 0.296 e. The number of likely N-dealkylation sites (tertiary alicyclic amines) is 1. The molecule has 0 aromatic heterocycles. The predicted octanol–water partition coefficient (Wildman–Crippen LogP) is 3.28. The van der Waals surface area contributed by atoms with E-state index in [2.05, 4.69) is 27.4 Å². The lowest BCUT2D eigenvalue weighted by atomic mass is 9.82. The molecule has 5 rings (SSSR count). The molecule has 0 radical (unpaired) electrons. The van der Waals surface area contributed by atoms with E-state index in [0.29, 0.717) is 43.0 Å². The second-order valence-electron chi connectivity index (χ2n) is 9.26. The van der Waals surface area contributed by atoms with Gasteiger partial charge in [0, 0.05) is 48.3 Å². The average molecular weight is 566 g/mol. The van der Waals surface area contributed by atoms with Crippen molar-refractivity contribution in [2.45, 2.75) is 12.0 Å². The van der Waals surface area contributed by atoms with E-state index in [-0.39, 0.29) is 24.4 Å². The van der Waals surface area contributed by atoms with Gasteiger partial charge in [-0.05, 0) is 24.6 Å². The molecular formula is C28H28BrN3O5. The Morgan fingerprint density at radius 3 is 2.46 bits per heavy atom. The fourth-order valence-corrected chi connectivity index (χ4v) is 5.77. The van der Waals surface area contributed by atoms with Gasteiger partial charge in [-0.1, -0.05) is 52.3 Å². The van der Waals surface area contributed by atoms with Crippen molar-refractivity contribution in [3.05, 3.63) is 82.4 Å². The first-order valence-electron chi connectivity index (χ1n) is 12.3. The number of aliphatic hydroxyl groups is 1. The minimum Gasteiger partial charge on any atom is -0.507 e. The van der Waals surface area contributed by atoms with Crippen molar-refractivity contribution in [1.82, 2.24) is 9.80 Å². The lowest BCUT2D eigenvalue weighted by Gasteiger charge is -2.35. The number of ether oxygens (including phenoxy) is 1. The van der Waals surface area contributed by atoms with Crippen LogP contribution in [-0.2, 0) is 24.7 Å². The second-order valence-corrected chi connectivity index (χ2v) is 10.2. The van der Waals surface area contributed by atoms with Gasteiger partial charge >= 0.3 is 0 Å². The predicted molar refractivity (Wildman–Crippen MR) is 143 cm³/mol. The van der Waals surface area contributed by atoms with Crippen LogP contribution in [0.25, 0.3) is 5.76 Å². The number of morpholine rings is 1. The Labute approximate surface area is 223 Å². The summed E-state index contributed by atoms with van der Waals surface area (Å²) in [6, 6.07) is 13.9. The van der Waals surface area contributed by atoms with Gasteiger partial charge in [0.2, 0.25) is 0 Å². The molecule has 0 aliphatic carbocycles. The number of Topliss-reactive ketones (excluding diaryl/α,β-unsaturated/α-hetero) is 1. The van der Waals surface area contributed by atoms with Crippen LogP contribution in [0.3, 0.4) is 0 Å². The monoisotopic (exact) mass is 565 g/mol. The SMILES string of the molecule is C=CCN1C(=O)C2(/C(=C(\O)c3ccc(Br)cc3)C(=O)C(=O)N2CCCN2CCOCC2)c2ccccc21. The van der Waals surface area contributed by atoms with Crippen molar-refractivity contribution in [3.63, 3.8) is 0 Å². The number of para-hydroxylation sites is 1. The lowest BCUT2D eigenvalue weighted by Crippen LogP contribution is -2.52. The van der Waals surface area contributed by atoms with Crippen molar-refractivity contribution in [2.75, 3.05) is 50.8 Å². The fraction of sp³-hybridized carbons (Fsp3) is 0.321. The number of nitrogens with zero attached hydrogens (tertiary/aromatic N) is 3. The number of amides is 2. The third kappa shape index (κ3) is 4.11. The molecule has 192 valence electrons. The molecular weight excluding hydrogens is 538 g/mol. The largest absolute Gasteiger partial charge is 0.507 e. The number of rotatable bonds is 7. The molecule has 8 nitrogen and oxygen atoms in total. The fourth-order valence-electron chi connectivity index (χ4n) is 5.51. The Hall–Kier alpha value is -3.27. The van der Waals surface area contributed by atoms with Gasteiger partial charge in [-0.3, -0.25) is 19.3 Å². The van der Waals surface area contributed by atoms with E-state index in [1.807, 2.05) is 0 Å². The van der Waals surface area contributed by atoms with Crippen molar-refractivity contribution in [1.29, 1.82) is 0 Å². The number of ketones is 1. The van der Waals surface area contributed by atoms with Crippen molar-refractivity contribution >= 4 is 45.0 Å². The summed E-state index contributed by atoms with van der Waals surface area (Å²) in [4.78, 5) is 46.6. The maximum atomic E-state index is 14.3. The van der Waals surface area contributed by atoms with Gasteiger partial charge in [-0.2, -0.15) is 0 Å². The maximum absolute atomic E-state index is 14.3. The second kappa shape index (κ2) is 10.2. The lowest BCUT2D eigenvalue weighted by molar-refractivity contribution is -0.143. The quantitative estimate of drug-likeness (QED) is 0.240. The van der Waals surface area contributed by atoms with Crippen molar-refractivity contribution < 1.29 is 24.2 Å². The summed E-state index contributed by atoms with van der Waals surface area (Å²) in [5.41, 5.74) is -0.507. The first-order chi connectivity index (χ1) is 17.9. The molecule has 37 heavy (non-hydrogen) atoms. The average Bonchev–Trinajstić information content (AvgIpc) is 3.28. The molecule has 0 saturated carbocycles. The molecule has 9 heteroatoms. The summed E-state index contributed by atoms with van der Waals surface area (Å²) in [6.45, 7) is 7.76. The highest BCUT2D eigenvalue weighted by Gasteiger charge is 2.66. The number of hydrogen-bond donors (Lipinski definition) is 1. The molecule has 3 heterocycles. The normalized spacial score (nSPS) is 23.2. The number of aliphatic hydroxyl groups excluding tert-OH is 1. The number of carbonyl (C=O) groups excluding carboxylic acids is 3. The zero-order valence-corrected chi connectivity index (χ0v) is 21.9. The zero-order valence-electron chi connectivity index (χ0n) is 20.4. The number of carbonyl (C=O) groups is 3. The van der Waals surface area contributed by atoms with Crippen LogP contribution in [0.2, 0.25) is 0 Å². The number of anilines is 1. The van der Waals surface area contributed by atoms with E-state index < -0.39 is 23.1 Å². The minimum atomic E-state index is -1.75. The number of fused-ring (bicyclic) bond motifs is 2. The van der Waals surface area contributed by atoms with E-state index in [4.69, 9.17) is 4.74 Å². The van der Waals surface area contributed by atoms with E-state index in [1.54, 1.807) is 54.6 Å². The molecule has 1 unspecified atom stereocenters. The van der Waals surface area contributed by atoms with Gasteiger partial charge in [-0.15, -0.1) is 6.58 Å². The summed E-state index contributed by atoms with van der Waals surface area (Å²) in [5, 5.41) is 11.5. The molecule has 2 amide bonds. The molecule has 2 aromatic carbocycles. The molecule has 1 atom stereocenters. The van der Waals surface area contributed by atoms with Crippen molar-refractivity contribution in [2.24, 2.45) is 0 Å². The Kier molecular flexibility index (Phi) is 7.02. The Morgan fingerprint density at radius 1 is 1.05 bits per heavy atom.